The van der Waals surface area contributed by atoms with E-state index in [9.17, 15) is 0 Å². The van der Waals surface area contributed by atoms with Crippen molar-refractivity contribution in [3.05, 3.63) is 0 Å². The van der Waals surface area contributed by atoms with Crippen molar-refractivity contribution in [2.75, 3.05) is 72.1 Å². The van der Waals surface area contributed by atoms with Gasteiger partial charge in [-0.3, -0.25) is 9.80 Å². The number of halogens is 1. The summed E-state index contributed by atoms with van der Waals surface area (Å²) in [5.74, 6) is 0. The van der Waals surface area contributed by atoms with Crippen molar-refractivity contribution in [3.63, 3.8) is 0 Å². The zero-order chi connectivity index (χ0) is 16.5. The molecule has 0 spiro atoms. The molecule has 2 heterocycles. The minimum Gasteiger partial charge on any atom is -0.379 e. The van der Waals surface area contributed by atoms with Crippen molar-refractivity contribution < 1.29 is 9.47 Å². The second kappa shape index (κ2) is 17.5. The molecule has 2 fully saturated rings. The molecule has 2 aliphatic heterocycles. The summed E-state index contributed by atoms with van der Waals surface area (Å²) in [4.78, 5) is 4.96. The zero-order valence-corrected chi connectivity index (χ0v) is 15.7. The van der Waals surface area contributed by atoms with Crippen LogP contribution >= 0.6 is 11.6 Å². The summed E-state index contributed by atoms with van der Waals surface area (Å²) in [7, 11) is 0. The lowest BCUT2D eigenvalue weighted by molar-refractivity contribution is 0.0373. The van der Waals surface area contributed by atoms with E-state index in [-0.39, 0.29) is 0 Å². The van der Waals surface area contributed by atoms with Crippen LogP contribution in [0.3, 0.4) is 0 Å². The van der Waals surface area contributed by atoms with E-state index >= 15 is 0 Å². The Labute approximate surface area is 143 Å². The van der Waals surface area contributed by atoms with Crippen molar-refractivity contribution in [2.45, 2.75) is 39.5 Å². The fourth-order valence-corrected chi connectivity index (χ4v) is 2.41. The topological polar surface area (TPSA) is 24.9 Å². The van der Waals surface area contributed by atoms with Gasteiger partial charge >= 0.3 is 0 Å². The van der Waals surface area contributed by atoms with Gasteiger partial charge in [-0.15, -0.1) is 11.6 Å². The molecule has 0 radical (unpaired) electrons. The molecule has 0 unspecified atom stereocenters. The lowest BCUT2D eigenvalue weighted by Crippen LogP contribution is -2.36. The van der Waals surface area contributed by atoms with Crippen LogP contribution < -0.4 is 0 Å². The van der Waals surface area contributed by atoms with Crippen LogP contribution in [-0.4, -0.2) is 81.9 Å². The molecule has 22 heavy (non-hydrogen) atoms. The third-order valence-corrected chi connectivity index (χ3v) is 3.86. The van der Waals surface area contributed by atoms with E-state index < -0.39 is 0 Å². The SMILES string of the molecule is CCCCN1CCOCC1.CCCCN1CCOCC1.CCl. The summed E-state index contributed by atoms with van der Waals surface area (Å²) in [6.45, 7) is 15.3. The molecule has 0 bridgehead atoms. The second-order valence-electron chi connectivity index (χ2n) is 5.62. The Morgan fingerprint density at radius 1 is 0.682 bits per heavy atom. The Kier molecular flexibility index (Phi) is 17.6. The molecule has 0 aromatic rings. The summed E-state index contributed by atoms with van der Waals surface area (Å²) in [6, 6.07) is 0. The number of morpholine rings is 2. The van der Waals surface area contributed by atoms with Crippen LogP contribution in [0.25, 0.3) is 0 Å². The number of rotatable bonds is 6. The molecule has 2 saturated heterocycles. The van der Waals surface area contributed by atoms with Crippen LogP contribution in [0, 0.1) is 0 Å². The maximum atomic E-state index is 5.24. The van der Waals surface area contributed by atoms with Gasteiger partial charge in [0.05, 0.1) is 26.4 Å². The van der Waals surface area contributed by atoms with Crippen LogP contribution in [0.5, 0.6) is 0 Å². The lowest BCUT2D eigenvalue weighted by Gasteiger charge is -2.26. The van der Waals surface area contributed by atoms with Crippen LogP contribution in [0.2, 0.25) is 0 Å². The monoisotopic (exact) mass is 336 g/mol. The lowest BCUT2D eigenvalue weighted by atomic mass is 10.3. The van der Waals surface area contributed by atoms with E-state index in [4.69, 9.17) is 9.47 Å². The van der Waals surface area contributed by atoms with Crippen molar-refractivity contribution in [2.24, 2.45) is 0 Å². The van der Waals surface area contributed by atoms with Gasteiger partial charge in [0.1, 0.15) is 0 Å². The largest absolute Gasteiger partial charge is 0.379 e. The molecule has 4 nitrogen and oxygen atoms in total. The van der Waals surface area contributed by atoms with E-state index in [0.717, 1.165) is 52.6 Å². The van der Waals surface area contributed by atoms with Crippen LogP contribution in [0.15, 0.2) is 0 Å². The molecule has 0 amide bonds. The van der Waals surface area contributed by atoms with Crippen molar-refractivity contribution in [3.8, 4) is 0 Å². The van der Waals surface area contributed by atoms with Gasteiger partial charge in [-0.2, -0.15) is 0 Å². The summed E-state index contributed by atoms with van der Waals surface area (Å²) < 4.78 is 10.5. The van der Waals surface area contributed by atoms with Gasteiger partial charge in [-0.1, -0.05) is 26.7 Å². The van der Waals surface area contributed by atoms with E-state index in [1.807, 2.05) is 0 Å². The molecule has 0 saturated carbocycles. The van der Waals surface area contributed by atoms with Gasteiger partial charge in [0.15, 0.2) is 0 Å². The predicted octanol–water partition coefficient (Wildman–Crippen LogP) is 3.09. The second-order valence-corrected chi connectivity index (χ2v) is 5.62. The highest BCUT2D eigenvalue weighted by molar-refractivity contribution is 6.15. The maximum absolute atomic E-state index is 5.24. The van der Waals surface area contributed by atoms with Crippen molar-refractivity contribution in [1.29, 1.82) is 0 Å². The molecule has 0 N–H and O–H groups in total. The van der Waals surface area contributed by atoms with Gasteiger partial charge < -0.3 is 9.47 Å². The minimum absolute atomic E-state index is 0.934. The highest BCUT2D eigenvalue weighted by Gasteiger charge is 2.08. The van der Waals surface area contributed by atoms with Gasteiger partial charge in [0.25, 0.3) is 0 Å². The molecule has 0 aromatic carbocycles. The van der Waals surface area contributed by atoms with Crippen LogP contribution in [-0.2, 0) is 9.47 Å². The maximum Gasteiger partial charge on any atom is 0.0594 e. The normalized spacial score (nSPS) is 19.6. The third-order valence-electron chi connectivity index (χ3n) is 3.86. The van der Waals surface area contributed by atoms with Gasteiger partial charge in [0.2, 0.25) is 0 Å². The smallest absolute Gasteiger partial charge is 0.0594 e. The van der Waals surface area contributed by atoms with E-state index in [0.29, 0.717) is 0 Å². The van der Waals surface area contributed by atoms with Gasteiger partial charge in [-0.05, 0) is 25.9 Å². The first-order valence-electron chi connectivity index (χ1n) is 8.84. The number of ether oxygens (including phenoxy) is 2. The van der Waals surface area contributed by atoms with Gasteiger partial charge in [-0.25, -0.2) is 0 Å². The average Bonchev–Trinajstić information content (AvgIpc) is 2.62. The van der Waals surface area contributed by atoms with E-state index in [1.54, 1.807) is 0 Å². The summed E-state index contributed by atoms with van der Waals surface area (Å²) in [5.41, 5.74) is 0. The Balaban J connectivity index is 0.000000360. The first kappa shape index (κ1) is 22.1. The summed E-state index contributed by atoms with van der Waals surface area (Å²) >= 11 is 4.64. The van der Waals surface area contributed by atoms with Crippen LogP contribution in [0.1, 0.15) is 39.5 Å². The first-order valence-corrected chi connectivity index (χ1v) is 9.60. The average molecular weight is 337 g/mol. The highest BCUT2D eigenvalue weighted by Crippen LogP contribution is 1.99. The molecule has 0 aromatic heterocycles. The minimum atomic E-state index is 0.934. The third kappa shape index (κ3) is 12.7. The Morgan fingerprint density at radius 3 is 1.27 bits per heavy atom. The molecular formula is C17H37ClN2O2. The van der Waals surface area contributed by atoms with Crippen LogP contribution in [0.4, 0.5) is 0 Å². The number of unbranched alkanes of at least 4 members (excludes halogenated alkanes) is 2. The number of nitrogens with zero attached hydrogens (tertiary/aromatic N) is 2. The van der Waals surface area contributed by atoms with E-state index in [2.05, 4.69) is 35.2 Å². The van der Waals surface area contributed by atoms with Crippen molar-refractivity contribution in [1.82, 2.24) is 9.80 Å². The highest BCUT2D eigenvalue weighted by atomic mass is 35.5. The molecule has 2 aliphatic rings. The molecule has 5 heteroatoms. The van der Waals surface area contributed by atoms with E-state index in [1.165, 1.54) is 45.2 Å². The first-order chi connectivity index (χ1) is 10.9. The summed E-state index contributed by atoms with van der Waals surface area (Å²) in [6.07, 6.45) is 6.74. The quantitative estimate of drug-likeness (QED) is 0.696. The molecule has 0 aliphatic carbocycles. The summed E-state index contributed by atoms with van der Waals surface area (Å²) in [5, 5.41) is 0. The Bertz CT molecular complexity index is 187. The number of alkyl halides is 1. The number of hydrogen-bond donors (Lipinski definition) is 0. The van der Waals surface area contributed by atoms with Crippen molar-refractivity contribution >= 4 is 11.6 Å². The fraction of sp³-hybridized carbons (Fsp3) is 1.00. The molecular weight excluding hydrogens is 300 g/mol. The molecule has 2 rings (SSSR count). The predicted molar refractivity (Wildman–Crippen MR) is 96.1 cm³/mol. The fourth-order valence-electron chi connectivity index (χ4n) is 2.41. The number of hydrogen-bond acceptors (Lipinski definition) is 4. The van der Waals surface area contributed by atoms with Gasteiger partial charge in [0, 0.05) is 32.6 Å². The Morgan fingerprint density at radius 2 is 1.00 bits per heavy atom. The molecule has 0 atom stereocenters. The Hall–Kier alpha value is 0.130. The molecule has 134 valence electrons. The zero-order valence-electron chi connectivity index (χ0n) is 15.0. The standard InChI is InChI=1S/2C8H17NO.CH3Cl/c2*1-2-3-4-9-5-7-10-8-6-9;1-2/h2*2-8H2,1H3;1H3.